The minimum Gasteiger partial charge on any atom is -0.165 e. The fourth-order valence-electron chi connectivity index (χ4n) is 0.898. The van der Waals surface area contributed by atoms with Crippen molar-refractivity contribution in [3.63, 3.8) is 0 Å². The average Bonchev–Trinajstić information content (AvgIpc) is 2.10. The first-order valence-electron chi connectivity index (χ1n) is 4.72. The molecule has 0 aromatic rings. The van der Waals surface area contributed by atoms with Crippen molar-refractivity contribution >= 4 is 11.8 Å². The van der Waals surface area contributed by atoms with E-state index in [4.69, 9.17) is 0 Å². The van der Waals surface area contributed by atoms with Crippen molar-refractivity contribution in [1.82, 2.24) is 0 Å². The summed E-state index contributed by atoms with van der Waals surface area (Å²) in [4.78, 5) is 0. The number of rotatable bonds is 7. The van der Waals surface area contributed by atoms with Gasteiger partial charge in [-0.1, -0.05) is 31.2 Å². The van der Waals surface area contributed by atoms with Gasteiger partial charge in [-0.25, -0.2) is 0 Å². The van der Waals surface area contributed by atoms with E-state index in [0.717, 1.165) is 6.42 Å². The van der Waals surface area contributed by atoms with E-state index in [1.807, 2.05) is 11.8 Å². The monoisotopic (exact) mass is 184 g/mol. The van der Waals surface area contributed by atoms with Crippen molar-refractivity contribution in [2.24, 2.45) is 0 Å². The Labute approximate surface area is 81.1 Å². The lowest BCUT2D eigenvalue weighted by Crippen LogP contribution is -1.76. The summed E-state index contributed by atoms with van der Waals surface area (Å²) in [5.41, 5.74) is 0. The molecular weight excluding hydrogens is 164 g/mol. The molecule has 70 valence electrons. The smallest absolute Gasteiger partial charge is 0.00702 e. The molecule has 0 aromatic heterocycles. The molecular formula is C11H20S. The molecule has 0 bridgehead atoms. The predicted molar refractivity (Wildman–Crippen MR) is 60.8 cm³/mol. The summed E-state index contributed by atoms with van der Waals surface area (Å²) in [6, 6.07) is 0. The van der Waals surface area contributed by atoms with Crippen LogP contribution in [-0.2, 0) is 0 Å². The summed E-state index contributed by atoms with van der Waals surface area (Å²) in [5.74, 6) is 1.30. The Morgan fingerprint density at radius 3 is 2.50 bits per heavy atom. The minimum atomic E-state index is 1.14. The molecule has 0 heterocycles. The molecule has 0 aliphatic heterocycles. The molecule has 0 fully saturated rings. The molecule has 0 nitrogen and oxygen atoms in total. The Kier molecular flexibility index (Phi) is 10.7. The van der Waals surface area contributed by atoms with Crippen LogP contribution in [-0.4, -0.2) is 12.0 Å². The molecule has 0 aromatic carbocycles. The van der Waals surface area contributed by atoms with E-state index in [9.17, 15) is 0 Å². The Bertz CT molecular complexity index is 125. The van der Waals surface area contributed by atoms with E-state index in [-0.39, 0.29) is 0 Å². The van der Waals surface area contributed by atoms with Crippen molar-refractivity contribution in [1.29, 1.82) is 0 Å². The van der Waals surface area contributed by atoms with Crippen molar-refractivity contribution in [2.75, 3.05) is 12.0 Å². The van der Waals surface area contributed by atoms with Crippen LogP contribution in [0.1, 0.15) is 32.6 Å². The molecule has 0 saturated heterocycles. The molecule has 0 unspecified atom stereocenters. The van der Waals surface area contributed by atoms with E-state index < -0.39 is 0 Å². The topological polar surface area (TPSA) is 0 Å². The number of unbranched alkanes of at least 4 members (excludes halogenated alkanes) is 2. The van der Waals surface area contributed by atoms with E-state index >= 15 is 0 Å². The summed E-state index contributed by atoms with van der Waals surface area (Å²) >= 11 is 1.94. The third kappa shape index (κ3) is 9.83. The Morgan fingerprint density at radius 1 is 1.08 bits per heavy atom. The second-order valence-electron chi connectivity index (χ2n) is 2.75. The maximum Gasteiger partial charge on any atom is -0.00702 e. The van der Waals surface area contributed by atoms with Crippen molar-refractivity contribution < 1.29 is 0 Å². The molecule has 0 rings (SSSR count). The highest BCUT2D eigenvalue weighted by atomic mass is 32.2. The van der Waals surface area contributed by atoms with E-state index in [1.54, 1.807) is 0 Å². The van der Waals surface area contributed by atoms with Crippen LogP contribution in [0.25, 0.3) is 0 Å². The van der Waals surface area contributed by atoms with Gasteiger partial charge in [0.2, 0.25) is 0 Å². The highest BCUT2D eigenvalue weighted by molar-refractivity contribution is 7.98. The third-order valence-corrected chi connectivity index (χ3v) is 2.29. The molecule has 0 saturated carbocycles. The lowest BCUT2D eigenvalue weighted by atomic mass is 10.2. The summed E-state index contributed by atoms with van der Waals surface area (Å²) in [6.45, 7) is 2.16. The van der Waals surface area contributed by atoms with E-state index in [0.29, 0.717) is 0 Å². The first-order valence-corrected chi connectivity index (χ1v) is 6.11. The number of hydrogen-bond acceptors (Lipinski definition) is 1. The fourth-order valence-corrected chi connectivity index (χ4v) is 1.39. The van der Waals surface area contributed by atoms with Crippen molar-refractivity contribution in [3.05, 3.63) is 24.3 Å². The van der Waals surface area contributed by atoms with Crippen molar-refractivity contribution in [3.8, 4) is 0 Å². The molecule has 12 heavy (non-hydrogen) atoms. The molecule has 0 radical (unpaired) electrons. The molecule has 0 aliphatic rings. The molecule has 0 N–H and O–H groups in total. The third-order valence-electron chi connectivity index (χ3n) is 1.59. The van der Waals surface area contributed by atoms with Crippen LogP contribution in [0, 0.1) is 0 Å². The van der Waals surface area contributed by atoms with E-state index in [1.165, 1.54) is 25.0 Å². The van der Waals surface area contributed by atoms with Gasteiger partial charge < -0.3 is 0 Å². The zero-order valence-electron chi connectivity index (χ0n) is 8.25. The Balaban J connectivity index is 3.07. The van der Waals surface area contributed by atoms with Gasteiger partial charge in [0.1, 0.15) is 0 Å². The Morgan fingerprint density at radius 2 is 1.83 bits per heavy atom. The molecule has 0 spiro atoms. The minimum absolute atomic E-state index is 1.14. The van der Waals surface area contributed by atoms with E-state index in [2.05, 4.69) is 37.5 Å². The van der Waals surface area contributed by atoms with Crippen LogP contribution in [0.4, 0.5) is 0 Å². The first-order chi connectivity index (χ1) is 5.91. The second kappa shape index (κ2) is 10.8. The second-order valence-corrected chi connectivity index (χ2v) is 3.74. The summed E-state index contributed by atoms with van der Waals surface area (Å²) in [6.07, 6.45) is 15.9. The lowest BCUT2D eigenvalue weighted by Gasteiger charge is -1.92. The van der Waals surface area contributed by atoms with Crippen molar-refractivity contribution in [2.45, 2.75) is 32.6 Å². The fraction of sp³-hybridized carbons (Fsp3) is 0.636. The van der Waals surface area contributed by atoms with Gasteiger partial charge >= 0.3 is 0 Å². The molecule has 0 amide bonds. The first kappa shape index (κ1) is 11.8. The summed E-state index contributed by atoms with van der Waals surface area (Å²) < 4.78 is 0. The van der Waals surface area contributed by atoms with Crippen LogP contribution in [0.3, 0.4) is 0 Å². The van der Waals surface area contributed by atoms with Crippen LogP contribution < -0.4 is 0 Å². The summed E-state index contributed by atoms with van der Waals surface area (Å²) in [5, 5.41) is 0. The zero-order valence-corrected chi connectivity index (χ0v) is 9.07. The van der Waals surface area contributed by atoms with Crippen LogP contribution in [0.2, 0.25) is 0 Å². The quantitative estimate of drug-likeness (QED) is 0.425. The van der Waals surface area contributed by atoms with Crippen LogP contribution in [0.5, 0.6) is 0 Å². The Hall–Kier alpha value is -0.170. The average molecular weight is 184 g/mol. The molecule has 1 heteroatoms. The number of allylic oxidation sites excluding steroid dienone is 4. The summed E-state index contributed by atoms with van der Waals surface area (Å²) in [7, 11) is 0. The van der Waals surface area contributed by atoms with Crippen LogP contribution in [0.15, 0.2) is 24.3 Å². The largest absolute Gasteiger partial charge is 0.165 e. The van der Waals surface area contributed by atoms with Gasteiger partial charge in [0, 0.05) is 0 Å². The van der Waals surface area contributed by atoms with Gasteiger partial charge in [-0.15, -0.1) is 0 Å². The SMILES string of the molecule is CC/C=C\C=C/CCCCSC. The zero-order chi connectivity index (χ0) is 9.07. The van der Waals surface area contributed by atoms with Gasteiger partial charge in [-0.3, -0.25) is 0 Å². The van der Waals surface area contributed by atoms with Gasteiger partial charge in [0.05, 0.1) is 0 Å². The van der Waals surface area contributed by atoms with Gasteiger partial charge in [0.15, 0.2) is 0 Å². The maximum atomic E-state index is 2.26. The predicted octanol–water partition coefficient (Wildman–Crippen LogP) is 4.04. The van der Waals surface area contributed by atoms with Gasteiger partial charge in [-0.2, -0.15) is 11.8 Å². The van der Waals surface area contributed by atoms with Gasteiger partial charge in [-0.05, 0) is 37.7 Å². The molecule has 0 aliphatic carbocycles. The standard InChI is InChI=1S/C11H20S/c1-3-4-5-6-7-8-9-10-11-12-2/h4-7H,3,8-11H2,1-2H3/b5-4-,7-6-. The lowest BCUT2D eigenvalue weighted by molar-refractivity contribution is 0.823. The van der Waals surface area contributed by atoms with Gasteiger partial charge in [0.25, 0.3) is 0 Å². The molecule has 0 atom stereocenters. The van der Waals surface area contributed by atoms with Crippen LogP contribution >= 0.6 is 11.8 Å². The highest BCUT2D eigenvalue weighted by Gasteiger charge is 1.82. The maximum absolute atomic E-state index is 2.26. The highest BCUT2D eigenvalue weighted by Crippen LogP contribution is 2.02. The number of hydrogen-bond donors (Lipinski definition) is 0. The number of thioether (sulfide) groups is 1. The normalized spacial score (nSPS) is 11.8.